The average Bonchev–Trinajstić information content (AvgIpc) is 3.23. The van der Waals surface area contributed by atoms with E-state index >= 15 is 0 Å². The molecule has 0 saturated heterocycles. The zero-order valence-corrected chi connectivity index (χ0v) is 15.1. The van der Waals surface area contributed by atoms with E-state index in [2.05, 4.69) is 10.1 Å². The second kappa shape index (κ2) is 8.48. The third-order valence-electron chi connectivity index (χ3n) is 3.60. The molecule has 0 fully saturated rings. The number of nitrogens with one attached hydrogen (secondary N) is 1. The van der Waals surface area contributed by atoms with Crippen LogP contribution in [0.15, 0.2) is 27.3 Å². The van der Waals surface area contributed by atoms with Crippen molar-refractivity contribution < 1.29 is 23.5 Å². The quantitative estimate of drug-likeness (QED) is 0.761. The maximum atomic E-state index is 12.1. The molecule has 8 heteroatoms. The first-order chi connectivity index (χ1) is 11.9. The zero-order valence-electron chi connectivity index (χ0n) is 14.3. The van der Waals surface area contributed by atoms with E-state index in [0.717, 1.165) is 0 Å². The van der Waals surface area contributed by atoms with Gasteiger partial charge in [0.1, 0.15) is 17.1 Å². The molecule has 2 amide bonds. The van der Waals surface area contributed by atoms with Crippen LogP contribution in [0.4, 0.5) is 0 Å². The van der Waals surface area contributed by atoms with Crippen LogP contribution in [0.1, 0.15) is 38.7 Å². The molecule has 2 aromatic rings. The molecule has 1 N–H and O–H groups in total. The number of furan rings is 1. The van der Waals surface area contributed by atoms with Crippen LogP contribution in [0.25, 0.3) is 0 Å². The number of rotatable bonds is 7. The van der Waals surface area contributed by atoms with Crippen molar-refractivity contribution in [2.45, 2.75) is 19.9 Å². The van der Waals surface area contributed by atoms with Crippen LogP contribution in [-0.2, 0) is 16.1 Å². The Morgan fingerprint density at radius 1 is 1.36 bits per heavy atom. The van der Waals surface area contributed by atoms with Crippen LogP contribution >= 0.6 is 11.3 Å². The number of methoxy groups -OCH3 is 1. The minimum atomic E-state index is -0.474. The van der Waals surface area contributed by atoms with Gasteiger partial charge in [0.2, 0.25) is 5.91 Å². The number of hydrogen-bond donors (Lipinski definition) is 1. The van der Waals surface area contributed by atoms with Gasteiger partial charge < -0.3 is 19.4 Å². The second-order valence-electron chi connectivity index (χ2n) is 5.44. The summed E-state index contributed by atoms with van der Waals surface area (Å²) in [6.45, 7) is 2.15. The molecule has 0 aliphatic carbocycles. The van der Waals surface area contributed by atoms with E-state index in [1.54, 1.807) is 31.5 Å². The number of amides is 2. The summed E-state index contributed by atoms with van der Waals surface area (Å²) in [5.74, 6) is 0.139. The number of nitrogens with zero attached hydrogens (tertiary/aromatic N) is 1. The van der Waals surface area contributed by atoms with E-state index in [9.17, 15) is 14.4 Å². The van der Waals surface area contributed by atoms with Crippen molar-refractivity contribution in [3.63, 3.8) is 0 Å². The Labute approximate surface area is 149 Å². The summed E-state index contributed by atoms with van der Waals surface area (Å²) in [7, 11) is 2.94. The molecular weight excluding hydrogens is 344 g/mol. The highest BCUT2D eigenvalue weighted by atomic mass is 32.1. The first kappa shape index (κ1) is 18.7. The Hall–Kier alpha value is -2.61. The number of thiophene rings is 1. The highest BCUT2D eigenvalue weighted by molar-refractivity contribution is 7.08. The first-order valence-corrected chi connectivity index (χ1v) is 8.58. The molecule has 2 aromatic heterocycles. The molecule has 7 nitrogen and oxygen atoms in total. The molecule has 2 heterocycles. The molecule has 134 valence electrons. The van der Waals surface area contributed by atoms with Crippen LogP contribution in [0.2, 0.25) is 0 Å². The molecular formula is C17H20N2O5S. The number of ether oxygens (including phenoxy) is 1. The predicted molar refractivity (Wildman–Crippen MR) is 92.5 cm³/mol. The Balaban J connectivity index is 1.82. The smallest absolute Gasteiger partial charge is 0.341 e. The minimum Gasteiger partial charge on any atom is -0.465 e. The van der Waals surface area contributed by atoms with Crippen molar-refractivity contribution in [3.8, 4) is 0 Å². The third-order valence-corrected chi connectivity index (χ3v) is 4.28. The fourth-order valence-electron chi connectivity index (χ4n) is 2.23. The maximum Gasteiger partial charge on any atom is 0.341 e. The molecule has 25 heavy (non-hydrogen) atoms. The van der Waals surface area contributed by atoms with Gasteiger partial charge in [0, 0.05) is 31.0 Å². The van der Waals surface area contributed by atoms with Gasteiger partial charge >= 0.3 is 5.97 Å². The maximum absolute atomic E-state index is 12.1. The monoisotopic (exact) mass is 364 g/mol. The largest absolute Gasteiger partial charge is 0.465 e. The summed E-state index contributed by atoms with van der Waals surface area (Å²) in [6.07, 6.45) is 0.177. The third kappa shape index (κ3) is 4.93. The molecule has 0 saturated carbocycles. The molecule has 2 rings (SSSR count). The van der Waals surface area contributed by atoms with Crippen molar-refractivity contribution in [1.82, 2.24) is 10.2 Å². The van der Waals surface area contributed by atoms with E-state index < -0.39 is 5.97 Å². The molecule has 0 unspecified atom stereocenters. The van der Waals surface area contributed by atoms with Gasteiger partial charge in [-0.2, -0.15) is 11.3 Å². The average molecular weight is 364 g/mol. The molecule has 0 radical (unpaired) electrons. The highest BCUT2D eigenvalue weighted by Crippen LogP contribution is 2.17. The van der Waals surface area contributed by atoms with Crippen LogP contribution in [0.3, 0.4) is 0 Å². The van der Waals surface area contributed by atoms with Gasteiger partial charge in [0.25, 0.3) is 5.91 Å². The van der Waals surface area contributed by atoms with Crippen LogP contribution in [-0.4, -0.2) is 43.4 Å². The van der Waals surface area contributed by atoms with Gasteiger partial charge in [-0.25, -0.2) is 4.79 Å². The summed E-state index contributed by atoms with van der Waals surface area (Å²) in [5, 5.41) is 6.28. The standard InChI is InChI=1S/C17H20N2O5S/c1-11-14(17(22)23-3)8-13(24-11)9-19(2)15(20)4-6-18-16(21)12-5-7-25-10-12/h5,7-8,10H,4,6,9H2,1-3H3,(H,18,21). The van der Waals surface area contributed by atoms with Gasteiger partial charge in [-0.3, -0.25) is 9.59 Å². The number of aryl methyl sites for hydroxylation is 1. The topological polar surface area (TPSA) is 88.9 Å². The summed E-state index contributed by atoms with van der Waals surface area (Å²) >= 11 is 1.44. The summed E-state index contributed by atoms with van der Waals surface area (Å²) in [4.78, 5) is 37.0. The van der Waals surface area contributed by atoms with Gasteiger partial charge in [-0.15, -0.1) is 0 Å². The molecule has 0 atom stereocenters. The fraction of sp³-hybridized carbons (Fsp3) is 0.353. The number of esters is 1. The summed E-state index contributed by atoms with van der Waals surface area (Å²) < 4.78 is 10.2. The highest BCUT2D eigenvalue weighted by Gasteiger charge is 2.18. The van der Waals surface area contributed by atoms with Crippen molar-refractivity contribution >= 4 is 29.1 Å². The molecule has 0 spiro atoms. The first-order valence-electron chi connectivity index (χ1n) is 7.64. The normalized spacial score (nSPS) is 10.4. The number of carbonyl (C=O) groups is 3. The Bertz CT molecular complexity index is 751. The van der Waals surface area contributed by atoms with Gasteiger partial charge in [-0.1, -0.05) is 0 Å². The molecule has 0 aromatic carbocycles. The van der Waals surface area contributed by atoms with Crippen LogP contribution < -0.4 is 5.32 Å². The Morgan fingerprint density at radius 2 is 2.12 bits per heavy atom. The SMILES string of the molecule is COC(=O)c1cc(CN(C)C(=O)CCNC(=O)c2ccsc2)oc1C. The van der Waals surface area contributed by atoms with Gasteiger partial charge in [0.15, 0.2) is 0 Å². The van der Waals surface area contributed by atoms with E-state index in [1.807, 2.05) is 5.38 Å². The molecule has 0 aliphatic rings. The summed E-state index contributed by atoms with van der Waals surface area (Å²) in [6, 6.07) is 3.30. The van der Waals surface area contributed by atoms with Crippen molar-refractivity contribution in [1.29, 1.82) is 0 Å². The Morgan fingerprint density at radius 3 is 2.76 bits per heavy atom. The van der Waals surface area contributed by atoms with Crippen LogP contribution in [0, 0.1) is 6.92 Å². The van der Waals surface area contributed by atoms with Gasteiger partial charge in [-0.05, 0) is 24.4 Å². The van der Waals surface area contributed by atoms with Crippen molar-refractivity contribution in [2.75, 3.05) is 20.7 Å². The number of hydrogen-bond acceptors (Lipinski definition) is 6. The lowest BCUT2D eigenvalue weighted by atomic mass is 10.2. The molecule has 0 aliphatic heterocycles. The number of carbonyl (C=O) groups excluding carboxylic acids is 3. The van der Waals surface area contributed by atoms with Crippen molar-refractivity contribution in [3.05, 3.63) is 45.5 Å². The fourth-order valence-corrected chi connectivity index (χ4v) is 2.86. The van der Waals surface area contributed by atoms with Gasteiger partial charge in [0.05, 0.1) is 13.7 Å². The van der Waals surface area contributed by atoms with E-state index in [1.165, 1.54) is 23.3 Å². The second-order valence-corrected chi connectivity index (χ2v) is 6.22. The predicted octanol–water partition coefficient (Wildman–Crippen LogP) is 2.21. The zero-order chi connectivity index (χ0) is 18.4. The lowest BCUT2D eigenvalue weighted by molar-refractivity contribution is -0.130. The lowest BCUT2D eigenvalue weighted by Crippen LogP contribution is -2.31. The van der Waals surface area contributed by atoms with Crippen molar-refractivity contribution in [2.24, 2.45) is 0 Å². The lowest BCUT2D eigenvalue weighted by Gasteiger charge is -2.15. The van der Waals surface area contributed by atoms with Crippen LogP contribution in [0.5, 0.6) is 0 Å². The minimum absolute atomic E-state index is 0.140. The van der Waals surface area contributed by atoms with E-state index in [0.29, 0.717) is 22.6 Å². The molecule has 0 bridgehead atoms. The summed E-state index contributed by atoms with van der Waals surface area (Å²) in [5.41, 5.74) is 0.938. The van der Waals surface area contributed by atoms with E-state index in [4.69, 9.17) is 4.42 Å². The Kier molecular flexibility index (Phi) is 6.35. The van der Waals surface area contributed by atoms with E-state index in [-0.39, 0.29) is 31.3 Å².